The average Bonchev–Trinajstić information content (AvgIpc) is 0.789. The summed E-state index contributed by atoms with van der Waals surface area (Å²) in [5.74, 6) is 4.68. The quantitative estimate of drug-likeness (QED) is 0.146. The molecule has 0 aliphatic carbocycles. The standard InChI is InChI=1S/2C12H16O.3C11H14O.2C10H10F2O.2C10H11FO.C10H12O2/c1-9-4-5-11-10(6-9)7-12(2,3)8-13-11;1-9-4-5-11-10(8-9)6-7-12(2,3)13-11;1-8-3-6-11-10(7-8)5-4-9(2)12-11;1-8-3-4-11-10(5-8)6-9(2)7-12-11;1-8-3-4-11-10(7-8)9(2)5-6-12-11;1-7-2-3-9-8(4-7)5-10(11,12)6-13-9;1-7-2-3-9-8(6-7)10(11,12)4-5-13-9;1-7-2-3-10-8(4-7)5-9(11)6-12-10;1-7-2-3-10-8(6-7)9(11)4-5-12-10;1-7-2-3-10-8(4-7)5-9(11)6-12-10/h4-6H,7-8H2,1-3H3;4-5,8H,6-7H2,1-3H3;3,6-7,9H,4-5H2,1-2H3;3-5,9H,6-7H2,1-2H3;3-4,7,9H,5-6H2,1-2H3;2-4H,5-6H2,1H3;2-3,6H,4-5H2,1H3;2-4,9H,5-6H2,1H3;2-3,6,9H,4-5H2,1H3;2-4,9,11H,5-6H2,1H3. The molecule has 11 nitrogen and oxygen atoms in total. The van der Waals surface area contributed by atoms with Gasteiger partial charge in [0, 0.05) is 42.2 Å². The molecule has 10 heterocycles. The molecular formula is C107H128F6O11. The molecule has 1 N–H and O–H groups in total. The summed E-state index contributed by atoms with van der Waals surface area (Å²) >= 11 is 0. The normalized spacial score (nSPS) is 20.4. The zero-order valence-corrected chi connectivity index (χ0v) is 75.7. The molecule has 6 unspecified atom stereocenters. The van der Waals surface area contributed by atoms with Crippen LogP contribution >= 0.6 is 0 Å². The molecule has 10 aromatic rings. The van der Waals surface area contributed by atoms with Crippen LogP contribution in [0.15, 0.2) is 182 Å². The topological polar surface area (TPSA) is 113 Å². The van der Waals surface area contributed by atoms with Gasteiger partial charge >= 0.3 is 0 Å². The van der Waals surface area contributed by atoms with Crippen molar-refractivity contribution in [3.8, 4) is 57.5 Å². The minimum Gasteiger partial charge on any atom is -0.493 e. The van der Waals surface area contributed by atoms with Crippen molar-refractivity contribution in [2.24, 2.45) is 11.3 Å². The first kappa shape index (κ1) is 94.4. The fraction of sp³-hybridized carbons (Fsp3) is 0.439. The van der Waals surface area contributed by atoms with E-state index in [2.05, 4.69) is 180 Å². The fourth-order valence-corrected chi connectivity index (χ4v) is 16.1. The lowest BCUT2D eigenvalue weighted by molar-refractivity contribution is -0.0515. The smallest absolute Gasteiger partial charge is 0.285 e. The highest BCUT2D eigenvalue weighted by molar-refractivity contribution is 5.47. The van der Waals surface area contributed by atoms with E-state index in [0.29, 0.717) is 77.8 Å². The van der Waals surface area contributed by atoms with Crippen LogP contribution < -0.4 is 47.4 Å². The number of halogens is 6. The van der Waals surface area contributed by atoms with E-state index in [-0.39, 0.29) is 43.3 Å². The summed E-state index contributed by atoms with van der Waals surface area (Å²) in [5, 5.41) is 9.32. The molecule has 0 aromatic heterocycles. The van der Waals surface area contributed by atoms with Crippen molar-refractivity contribution in [3.63, 3.8) is 0 Å². The minimum atomic E-state index is -2.72. The van der Waals surface area contributed by atoms with Crippen LogP contribution in [0.4, 0.5) is 26.3 Å². The second-order valence-corrected chi connectivity index (χ2v) is 36.5. The molecule has 20 rings (SSSR count). The van der Waals surface area contributed by atoms with Crippen molar-refractivity contribution < 1.29 is 78.8 Å². The first-order valence-electron chi connectivity index (χ1n) is 44.0. The Hall–Kier alpha value is -10.3. The molecule has 10 aliphatic heterocycles. The van der Waals surface area contributed by atoms with Gasteiger partial charge in [0.2, 0.25) is 0 Å². The zero-order chi connectivity index (χ0) is 89.2. The van der Waals surface area contributed by atoms with Crippen molar-refractivity contribution in [1.82, 2.24) is 0 Å². The molecule has 0 fully saturated rings. The first-order valence-corrected chi connectivity index (χ1v) is 44.0. The maximum atomic E-state index is 13.3. The van der Waals surface area contributed by atoms with Gasteiger partial charge in [0.05, 0.1) is 57.2 Å². The number of hydrogen-bond donors (Lipinski definition) is 1. The monoisotopic (exact) mass is 1700 g/mol. The van der Waals surface area contributed by atoms with Gasteiger partial charge in [0.1, 0.15) is 88.7 Å². The predicted octanol–water partition coefficient (Wildman–Crippen LogP) is 26.0. The number of alkyl halides is 6. The third-order valence-corrected chi connectivity index (χ3v) is 22.9. The van der Waals surface area contributed by atoms with Crippen LogP contribution in [0.1, 0.15) is 204 Å². The maximum Gasteiger partial charge on any atom is 0.285 e. The second-order valence-electron chi connectivity index (χ2n) is 36.5. The largest absolute Gasteiger partial charge is 0.493 e. The van der Waals surface area contributed by atoms with Crippen LogP contribution in [0.3, 0.4) is 0 Å². The highest BCUT2D eigenvalue weighted by Gasteiger charge is 2.39. The summed E-state index contributed by atoms with van der Waals surface area (Å²) in [7, 11) is 0. The van der Waals surface area contributed by atoms with Gasteiger partial charge in [-0.3, -0.25) is 0 Å². The molecule has 664 valence electrons. The Labute approximate surface area is 732 Å². The van der Waals surface area contributed by atoms with Crippen molar-refractivity contribution in [2.75, 3.05) is 52.9 Å². The molecule has 10 aromatic carbocycles. The number of aryl methyl sites for hydroxylation is 12. The Morgan fingerprint density at radius 2 is 0.758 bits per heavy atom. The van der Waals surface area contributed by atoms with E-state index in [9.17, 15) is 31.4 Å². The van der Waals surface area contributed by atoms with Gasteiger partial charge in [0.15, 0.2) is 6.61 Å². The Morgan fingerprint density at radius 3 is 1.33 bits per heavy atom. The second kappa shape index (κ2) is 42.6. The van der Waals surface area contributed by atoms with Crippen LogP contribution in [0.5, 0.6) is 57.5 Å². The Kier molecular flexibility index (Phi) is 32.5. The number of aliphatic hydroxyl groups excluding tert-OH is 1. The summed E-state index contributed by atoms with van der Waals surface area (Å²) in [6.07, 6.45) is 7.67. The lowest BCUT2D eigenvalue weighted by Crippen LogP contribution is -2.32. The van der Waals surface area contributed by atoms with Gasteiger partial charge in [-0.2, -0.15) is 0 Å². The molecule has 0 saturated heterocycles. The lowest BCUT2D eigenvalue weighted by atomic mass is 9.84. The van der Waals surface area contributed by atoms with Crippen LogP contribution in [0.25, 0.3) is 0 Å². The number of hydrogen-bond acceptors (Lipinski definition) is 11. The Balaban J connectivity index is 0.000000134. The van der Waals surface area contributed by atoms with Crippen molar-refractivity contribution in [2.45, 2.75) is 243 Å². The van der Waals surface area contributed by atoms with Crippen LogP contribution in [-0.4, -0.2) is 87.9 Å². The van der Waals surface area contributed by atoms with Crippen molar-refractivity contribution >= 4 is 0 Å². The van der Waals surface area contributed by atoms with Gasteiger partial charge in [-0.1, -0.05) is 193 Å². The summed E-state index contributed by atoms with van der Waals surface area (Å²) in [6, 6.07) is 59.9. The number of aliphatic hydroxyl groups is 1. The van der Waals surface area contributed by atoms with Gasteiger partial charge in [-0.05, 0) is 259 Å². The van der Waals surface area contributed by atoms with E-state index in [1.165, 1.54) is 67.3 Å². The first-order chi connectivity index (χ1) is 58.9. The molecule has 0 spiro atoms. The van der Waals surface area contributed by atoms with Gasteiger partial charge in [-0.25, -0.2) is 26.3 Å². The van der Waals surface area contributed by atoms with E-state index < -0.39 is 30.8 Å². The number of rotatable bonds is 0. The highest BCUT2D eigenvalue weighted by Crippen LogP contribution is 2.43. The molecule has 17 heteroatoms. The van der Waals surface area contributed by atoms with Crippen LogP contribution in [-0.2, 0) is 50.9 Å². The van der Waals surface area contributed by atoms with E-state index in [4.69, 9.17) is 47.4 Å². The SMILES string of the molecule is Cc1ccc2c(c1)C(C)CCO2.Cc1ccc2c(c1)C(F)(F)CCO2.Cc1ccc2c(c1)C(F)CCO2.Cc1ccc2c(c1)CC(C)(C)CO2.Cc1ccc2c(c1)CC(C)CO2.Cc1ccc2c(c1)CC(F)(F)CO2.Cc1ccc2c(c1)CC(F)CO2.Cc1ccc2c(c1)CC(O)CO2.Cc1ccc2c(c1)CCC(C)(C)O2.Cc1ccc2c(c1)CCC(C)O2. The van der Waals surface area contributed by atoms with E-state index in [1.54, 1.807) is 31.2 Å². The third-order valence-electron chi connectivity index (χ3n) is 22.9. The maximum absolute atomic E-state index is 13.3. The molecule has 10 aliphatic rings. The fourth-order valence-electron chi connectivity index (χ4n) is 16.1. The average molecular weight is 1700 g/mol. The number of ether oxygens (including phenoxy) is 10. The third kappa shape index (κ3) is 27.9. The minimum absolute atomic E-state index is 0.0161. The molecule has 6 atom stereocenters. The van der Waals surface area contributed by atoms with Crippen molar-refractivity contribution in [1.29, 1.82) is 0 Å². The zero-order valence-electron chi connectivity index (χ0n) is 75.7. The predicted molar refractivity (Wildman–Crippen MR) is 485 cm³/mol. The molecule has 0 saturated carbocycles. The number of benzene rings is 10. The highest BCUT2D eigenvalue weighted by atomic mass is 19.3. The Morgan fingerprint density at radius 1 is 0.347 bits per heavy atom. The van der Waals surface area contributed by atoms with Crippen LogP contribution in [0, 0.1) is 80.6 Å². The number of fused-ring (bicyclic) bond motifs is 10. The van der Waals surface area contributed by atoms with Gasteiger partial charge < -0.3 is 52.5 Å². The van der Waals surface area contributed by atoms with Crippen molar-refractivity contribution in [3.05, 3.63) is 293 Å². The van der Waals surface area contributed by atoms with Crippen LogP contribution in [0.2, 0.25) is 0 Å². The molecule has 0 radical (unpaired) electrons. The summed E-state index contributed by atoms with van der Waals surface area (Å²) in [4.78, 5) is 0. The lowest BCUT2D eigenvalue weighted by Gasteiger charge is -2.32. The van der Waals surface area contributed by atoms with E-state index >= 15 is 0 Å². The summed E-state index contributed by atoms with van der Waals surface area (Å²) in [5.41, 5.74) is 22.5. The molecular weight excluding hydrogens is 1580 g/mol. The van der Waals surface area contributed by atoms with Gasteiger partial charge in [0.25, 0.3) is 11.8 Å². The van der Waals surface area contributed by atoms with E-state index in [1.807, 2.05) is 82.3 Å². The molecule has 0 amide bonds. The molecule has 124 heavy (non-hydrogen) atoms. The van der Waals surface area contributed by atoms with E-state index in [0.717, 1.165) is 145 Å². The Bertz CT molecular complexity index is 4930. The van der Waals surface area contributed by atoms with Gasteiger partial charge in [-0.15, -0.1) is 0 Å². The summed E-state index contributed by atoms with van der Waals surface area (Å²) in [6.45, 7) is 39.0. The molecule has 0 bridgehead atoms. The summed E-state index contributed by atoms with van der Waals surface area (Å²) < 4.78 is 133.